The number of halogens is 1. The van der Waals surface area contributed by atoms with E-state index in [4.69, 9.17) is 4.98 Å². The zero-order valence-electron chi connectivity index (χ0n) is 17.7. The van der Waals surface area contributed by atoms with Gasteiger partial charge in [-0.05, 0) is 73.7 Å². The van der Waals surface area contributed by atoms with E-state index in [-0.39, 0.29) is 11.7 Å². The van der Waals surface area contributed by atoms with Crippen molar-refractivity contribution in [3.05, 3.63) is 94.8 Å². The summed E-state index contributed by atoms with van der Waals surface area (Å²) in [6.07, 6.45) is 9.91. The fraction of sp³-hybridized carbons (Fsp3) is 0.240. The van der Waals surface area contributed by atoms with Crippen LogP contribution in [0.3, 0.4) is 0 Å². The van der Waals surface area contributed by atoms with Crippen LogP contribution in [0.2, 0.25) is 0 Å². The van der Waals surface area contributed by atoms with Crippen molar-refractivity contribution in [1.29, 1.82) is 0 Å². The Kier molecular flexibility index (Phi) is 4.98. The number of rotatable bonds is 4. The van der Waals surface area contributed by atoms with Crippen LogP contribution in [-0.2, 0) is 6.54 Å². The number of aryl methyl sites for hydroxylation is 3. The summed E-state index contributed by atoms with van der Waals surface area (Å²) in [5, 5.41) is 4.68. The molecule has 0 fully saturated rings. The third kappa shape index (κ3) is 3.93. The van der Waals surface area contributed by atoms with Gasteiger partial charge in [-0.25, -0.2) is 19.0 Å². The molecule has 0 radical (unpaired) electrons. The van der Waals surface area contributed by atoms with Gasteiger partial charge in [0, 0.05) is 24.3 Å². The Balaban J connectivity index is 1.38. The van der Waals surface area contributed by atoms with E-state index in [1.807, 2.05) is 53.0 Å². The van der Waals surface area contributed by atoms with Crippen molar-refractivity contribution < 1.29 is 4.39 Å². The van der Waals surface area contributed by atoms with Gasteiger partial charge in [0.05, 0.1) is 12.0 Å². The number of nitrogens with zero attached hydrogens (tertiary/aromatic N) is 5. The monoisotopic (exact) mass is 413 g/mol. The van der Waals surface area contributed by atoms with Crippen LogP contribution in [0.4, 0.5) is 4.39 Å². The minimum atomic E-state index is -0.214. The van der Waals surface area contributed by atoms with Gasteiger partial charge in [0.2, 0.25) is 0 Å². The van der Waals surface area contributed by atoms with Gasteiger partial charge in [0.1, 0.15) is 11.6 Å². The highest BCUT2D eigenvalue weighted by molar-refractivity contribution is 5.68. The van der Waals surface area contributed by atoms with Gasteiger partial charge in [-0.3, -0.25) is 0 Å². The molecule has 2 aromatic heterocycles. The molecule has 0 bridgehead atoms. The van der Waals surface area contributed by atoms with E-state index in [0.717, 1.165) is 47.7 Å². The fourth-order valence-electron chi connectivity index (χ4n) is 4.25. The number of hydrogen-bond donors (Lipinski definition) is 0. The van der Waals surface area contributed by atoms with Crippen molar-refractivity contribution in [3.8, 4) is 5.69 Å². The summed E-state index contributed by atoms with van der Waals surface area (Å²) in [7, 11) is 0. The molecule has 2 aromatic carbocycles. The molecule has 0 saturated carbocycles. The van der Waals surface area contributed by atoms with Gasteiger partial charge in [-0.1, -0.05) is 24.3 Å². The summed E-state index contributed by atoms with van der Waals surface area (Å²) in [4.78, 5) is 9.10. The van der Waals surface area contributed by atoms with Gasteiger partial charge < -0.3 is 4.57 Å². The molecule has 5 nitrogen and oxygen atoms in total. The molecule has 1 aliphatic rings. The van der Waals surface area contributed by atoms with Gasteiger partial charge in [-0.2, -0.15) is 5.10 Å². The smallest absolute Gasteiger partial charge is 0.174 e. The number of imidazole rings is 1. The summed E-state index contributed by atoms with van der Waals surface area (Å²) >= 11 is 0. The van der Waals surface area contributed by atoms with Gasteiger partial charge in [-0.15, -0.1) is 0 Å². The highest BCUT2D eigenvalue weighted by Crippen LogP contribution is 2.32. The molecule has 0 amide bonds. The first-order valence-corrected chi connectivity index (χ1v) is 10.6. The Morgan fingerprint density at radius 1 is 1.06 bits per heavy atom. The predicted molar refractivity (Wildman–Crippen MR) is 119 cm³/mol. The SMILES string of the molecule is Cc1cn(-c2ccc(/C=C/c3nc4n(n3)CCC[C@@H]4c3ccc(F)cc3)cc2C)cn1. The van der Waals surface area contributed by atoms with Crippen molar-refractivity contribution in [2.24, 2.45) is 0 Å². The van der Waals surface area contributed by atoms with Crippen LogP contribution in [0.15, 0.2) is 55.0 Å². The fourth-order valence-corrected chi connectivity index (χ4v) is 4.25. The molecular weight excluding hydrogens is 389 g/mol. The summed E-state index contributed by atoms with van der Waals surface area (Å²) in [6.45, 7) is 4.95. The number of benzene rings is 2. The van der Waals surface area contributed by atoms with Crippen molar-refractivity contribution in [2.45, 2.75) is 39.2 Å². The molecule has 6 heteroatoms. The normalized spacial score (nSPS) is 16.0. The van der Waals surface area contributed by atoms with E-state index in [9.17, 15) is 4.39 Å². The van der Waals surface area contributed by atoms with Crippen molar-refractivity contribution in [2.75, 3.05) is 0 Å². The molecule has 0 aliphatic carbocycles. The molecule has 156 valence electrons. The molecule has 0 saturated heterocycles. The second-order valence-corrected chi connectivity index (χ2v) is 8.10. The highest BCUT2D eigenvalue weighted by Gasteiger charge is 2.25. The molecule has 1 aliphatic heterocycles. The highest BCUT2D eigenvalue weighted by atomic mass is 19.1. The Morgan fingerprint density at radius 2 is 1.90 bits per heavy atom. The first kappa shape index (κ1) is 19.4. The van der Waals surface area contributed by atoms with Gasteiger partial charge >= 0.3 is 0 Å². The van der Waals surface area contributed by atoms with E-state index in [1.165, 1.54) is 17.7 Å². The van der Waals surface area contributed by atoms with Crippen LogP contribution in [0.5, 0.6) is 0 Å². The Labute approximate surface area is 180 Å². The average molecular weight is 414 g/mol. The van der Waals surface area contributed by atoms with Crippen molar-refractivity contribution >= 4 is 12.2 Å². The third-order valence-corrected chi connectivity index (χ3v) is 5.80. The number of fused-ring (bicyclic) bond motifs is 1. The van der Waals surface area contributed by atoms with Crippen molar-refractivity contribution in [3.63, 3.8) is 0 Å². The quantitative estimate of drug-likeness (QED) is 0.455. The number of hydrogen-bond acceptors (Lipinski definition) is 3. The zero-order chi connectivity index (χ0) is 21.4. The minimum Gasteiger partial charge on any atom is -0.306 e. The first-order chi connectivity index (χ1) is 15.1. The van der Waals surface area contributed by atoms with E-state index in [2.05, 4.69) is 35.2 Å². The van der Waals surface area contributed by atoms with E-state index >= 15 is 0 Å². The van der Waals surface area contributed by atoms with Crippen LogP contribution < -0.4 is 0 Å². The van der Waals surface area contributed by atoms with Gasteiger partial charge in [0.25, 0.3) is 0 Å². The van der Waals surface area contributed by atoms with Crippen LogP contribution in [0.1, 0.15) is 52.8 Å². The minimum absolute atomic E-state index is 0.157. The lowest BCUT2D eigenvalue weighted by Gasteiger charge is -2.22. The number of aromatic nitrogens is 5. The lowest BCUT2D eigenvalue weighted by atomic mass is 9.91. The maximum atomic E-state index is 13.3. The topological polar surface area (TPSA) is 48.5 Å². The van der Waals surface area contributed by atoms with Crippen molar-refractivity contribution in [1.82, 2.24) is 24.3 Å². The summed E-state index contributed by atoms with van der Waals surface area (Å²) in [6, 6.07) is 13.1. The second-order valence-electron chi connectivity index (χ2n) is 8.10. The molecule has 0 spiro atoms. The molecule has 4 aromatic rings. The zero-order valence-corrected chi connectivity index (χ0v) is 17.7. The van der Waals surface area contributed by atoms with Crippen LogP contribution in [0.25, 0.3) is 17.8 Å². The summed E-state index contributed by atoms with van der Waals surface area (Å²) in [5.41, 5.74) is 5.48. The second kappa shape index (κ2) is 7.95. The largest absolute Gasteiger partial charge is 0.306 e. The van der Waals surface area contributed by atoms with Gasteiger partial charge in [0.15, 0.2) is 5.82 Å². The maximum Gasteiger partial charge on any atom is 0.174 e. The van der Waals surface area contributed by atoms with Crippen LogP contribution in [0, 0.1) is 19.7 Å². The molecular formula is C25H24FN5. The maximum absolute atomic E-state index is 13.3. The van der Waals surface area contributed by atoms with Crippen LogP contribution in [-0.4, -0.2) is 24.3 Å². The average Bonchev–Trinajstić information content (AvgIpc) is 3.38. The Hall–Kier alpha value is -3.54. The van der Waals surface area contributed by atoms with E-state index < -0.39 is 0 Å². The molecule has 3 heterocycles. The summed E-state index contributed by atoms with van der Waals surface area (Å²) < 4.78 is 17.4. The molecule has 1 atom stereocenters. The third-order valence-electron chi connectivity index (χ3n) is 5.80. The Morgan fingerprint density at radius 3 is 2.65 bits per heavy atom. The first-order valence-electron chi connectivity index (χ1n) is 10.6. The van der Waals surface area contributed by atoms with E-state index in [0.29, 0.717) is 5.82 Å². The van der Waals surface area contributed by atoms with Crippen LogP contribution >= 0.6 is 0 Å². The molecule has 0 N–H and O–H groups in total. The lowest BCUT2D eigenvalue weighted by Crippen LogP contribution is -2.17. The lowest BCUT2D eigenvalue weighted by molar-refractivity contribution is 0.445. The summed E-state index contributed by atoms with van der Waals surface area (Å²) in [5.74, 6) is 1.61. The molecule has 0 unspecified atom stereocenters. The van der Waals surface area contributed by atoms with E-state index in [1.54, 1.807) is 0 Å². The standard InChI is InChI=1S/C25H24FN5/c1-17-14-19(5-11-23(17)30-15-18(2)27-16-30)6-12-24-28-25-22(4-3-13-31(25)29-24)20-7-9-21(26)10-8-20/h5-12,14-16,22H,3-4,13H2,1-2H3/b12-6+/t22-/m1/s1. The predicted octanol–water partition coefficient (Wildman–Crippen LogP) is 5.32. The molecule has 5 rings (SSSR count). The molecule has 31 heavy (non-hydrogen) atoms. The Bertz CT molecular complexity index is 1250.